The van der Waals surface area contributed by atoms with Gasteiger partial charge in [0.25, 0.3) is 0 Å². The Morgan fingerprint density at radius 1 is 0.269 bits per heavy atom. The molecule has 0 fully saturated rings. The maximum absolute atomic E-state index is 5.23. The van der Waals surface area contributed by atoms with Gasteiger partial charge in [0.2, 0.25) is 0 Å². The molecular formula is C65H42N2. The lowest BCUT2D eigenvalue weighted by molar-refractivity contribution is 0.769. The van der Waals surface area contributed by atoms with Crippen molar-refractivity contribution in [3.8, 4) is 67.3 Å². The van der Waals surface area contributed by atoms with Crippen LogP contribution in [0.1, 0.15) is 22.3 Å². The summed E-state index contributed by atoms with van der Waals surface area (Å²) in [5.74, 6) is 0.706. The van der Waals surface area contributed by atoms with Crippen LogP contribution in [0.4, 0.5) is 0 Å². The molecule has 13 rings (SSSR count). The van der Waals surface area contributed by atoms with Crippen molar-refractivity contribution in [2.45, 2.75) is 5.41 Å². The fourth-order valence-corrected chi connectivity index (χ4v) is 11.0. The maximum atomic E-state index is 5.23. The van der Waals surface area contributed by atoms with Gasteiger partial charge in [0, 0.05) is 16.7 Å². The van der Waals surface area contributed by atoms with Crippen LogP contribution in [-0.2, 0) is 5.41 Å². The van der Waals surface area contributed by atoms with Crippen LogP contribution < -0.4 is 0 Å². The summed E-state index contributed by atoms with van der Waals surface area (Å²) in [6, 6.07) is 92.6. The van der Waals surface area contributed by atoms with Crippen molar-refractivity contribution in [1.29, 1.82) is 0 Å². The van der Waals surface area contributed by atoms with Gasteiger partial charge >= 0.3 is 0 Å². The smallest absolute Gasteiger partial charge is 0.161 e. The topological polar surface area (TPSA) is 25.8 Å². The van der Waals surface area contributed by atoms with Gasteiger partial charge in [-0.1, -0.05) is 237 Å². The Bertz CT molecular complexity index is 3740. The van der Waals surface area contributed by atoms with Gasteiger partial charge in [0.1, 0.15) is 0 Å². The summed E-state index contributed by atoms with van der Waals surface area (Å²) in [5.41, 5.74) is 17.0. The lowest BCUT2D eigenvalue weighted by Gasteiger charge is -2.34. The van der Waals surface area contributed by atoms with Crippen molar-refractivity contribution in [2.24, 2.45) is 0 Å². The van der Waals surface area contributed by atoms with Crippen molar-refractivity contribution < 1.29 is 0 Å². The Morgan fingerprint density at radius 3 is 1.27 bits per heavy atom. The van der Waals surface area contributed by atoms with Crippen LogP contribution in [0.3, 0.4) is 0 Å². The van der Waals surface area contributed by atoms with Crippen LogP contribution in [0.15, 0.2) is 255 Å². The zero-order chi connectivity index (χ0) is 44.3. The highest BCUT2D eigenvalue weighted by Crippen LogP contribution is 2.58. The first kappa shape index (κ1) is 38.7. The Kier molecular flexibility index (Phi) is 9.11. The quantitative estimate of drug-likeness (QED) is 0.160. The summed E-state index contributed by atoms with van der Waals surface area (Å²) in [6.07, 6.45) is 0. The lowest BCUT2D eigenvalue weighted by atomic mass is 9.67. The summed E-state index contributed by atoms with van der Waals surface area (Å²) < 4.78 is 0. The number of nitrogens with zero attached hydrogens (tertiary/aromatic N) is 2. The van der Waals surface area contributed by atoms with E-state index in [1.54, 1.807) is 0 Å². The fourth-order valence-electron chi connectivity index (χ4n) is 11.0. The number of aromatic nitrogens is 2. The van der Waals surface area contributed by atoms with E-state index < -0.39 is 5.41 Å². The third-order valence-electron chi connectivity index (χ3n) is 14.0. The molecule has 67 heavy (non-hydrogen) atoms. The lowest BCUT2D eigenvalue weighted by Crippen LogP contribution is -2.28. The molecule has 1 aliphatic rings. The van der Waals surface area contributed by atoms with E-state index in [0.717, 1.165) is 38.9 Å². The van der Waals surface area contributed by atoms with Crippen LogP contribution >= 0.6 is 0 Å². The molecule has 11 aromatic carbocycles. The van der Waals surface area contributed by atoms with Crippen molar-refractivity contribution in [3.63, 3.8) is 0 Å². The highest BCUT2D eigenvalue weighted by atomic mass is 14.9. The van der Waals surface area contributed by atoms with Crippen LogP contribution in [0.25, 0.3) is 99.6 Å². The zero-order valence-corrected chi connectivity index (χ0v) is 36.6. The normalized spacial score (nSPS) is 12.6. The largest absolute Gasteiger partial charge is 0.228 e. The standard InChI is InChI=1S/C65H42N2/c1-5-20-44(21-6-1)61-42-62(45-22-7-2-8-23-45)67-64(66-61)57-38-37-56(53-31-17-18-32-54(53)57)55-36-35-49(51-29-15-16-30-52(51)55)46-34-39-59-58(41-46)63-50-28-14-13-19-43(50)33-40-60(63)65(59,47-24-9-3-10-25-47)48-26-11-4-12-27-48/h1-42H. The van der Waals surface area contributed by atoms with E-state index in [0.29, 0.717) is 5.82 Å². The van der Waals surface area contributed by atoms with Crippen molar-refractivity contribution in [3.05, 3.63) is 277 Å². The second-order valence-corrected chi connectivity index (χ2v) is 17.6. The average Bonchev–Trinajstić information content (AvgIpc) is 3.72. The van der Waals surface area contributed by atoms with Gasteiger partial charge in [-0.05, 0) is 106 Å². The predicted molar refractivity (Wildman–Crippen MR) is 279 cm³/mol. The molecule has 0 aliphatic heterocycles. The summed E-state index contributed by atoms with van der Waals surface area (Å²) in [6.45, 7) is 0. The monoisotopic (exact) mass is 850 g/mol. The Morgan fingerprint density at radius 2 is 0.701 bits per heavy atom. The van der Waals surface area contributed by atoms with Crippen LogP contribution in [-0.4, -0.2) is 9.97 Å². The van der Waals surface area contributed by atoms with E-state index >= 15 is 0 Å². The fraction of sp³-hybridized carbons (Fsp3) is 0.0154. The summed E-state index contributed by atoms with van der Waals surface area (Å²) in [4.78, 5) is 10.5. The Balaban J connectivity index is 0.985. The van der Waals surface area contributed by atoms with E-state index in [9.17, 15) is 0 Å². The van der Waals surface area contributed by atoms with Gasteiger partial charge in [-0.3, -0.25) is 0 Å². The van der Waals surface area contributed by atoms with Gasteiger partial charge in [0.15, 0.2) is 5.82 Å². The molecule has 2 heteroatoms. The molecule has 1 aromatic heterocycles. The van der Waals surface area contributed by atoms with Gasteiger partial charge < -0.3 is 0 Å². The van der Waals surface area contributed by atoms with E-state index in [1.165, 1.54) is 77.2 Å². The van der Waals surface area contributed by atoms with E-state index in [4.69, 9.17) is 9.97 Å². The third kappa shape index (κ3) is 6.18. The maximum Gasteiger partial charge on any atom is 0.161 e. The Labute approximate surface area is 390 Å². The van der Waals surface area contributed by atoms with Gasteiger partial charge in [-0.15, -0.1) is 0 Å². The number of fused-ring (bicyclic) bond motifs is 7. The van der Waals surface area contributed by atoms with E-state index in [1.807, 2.05) is 12.1 Å². The summed E-state index contributed by atoms with van der Waals surface area (Å²) in [7, 11) is 0. The summed E-state index contributed by atoms with van der Waals surface area (Å²) in [5, 5.41) is 7.22. The third-order valence-corrected chi connectivity index (χ3v) is 14.0. The molecule has 2 nitrogen and oxygen atoms in total. The predicted octanol–water partition coefficient (Wildman–Crippen LogP) is 16.6. The van der Waals surface area contributed by atoms with Gasteiger partial charge in [-0.2, -0.15) is 0 Å². The number of benzene rings is 11. The molecular weight excluding hydrogens is 809 g/mol. The molecule has 0 saturated carbocycles. The minimum atomic E-state index is -0.480. The van der Waals surface area contributed by atoms with Crippen LogP contribution in [0, 0.1) is 0 Å². The van der Waals surface area contributed by atoms with Crippen molar-refractivity contribution in [2.75, 3.05) is 0 Å². The van der Waals surface area contributed by atoms with E-state index in [2.05, 4.69) is 243 Å². The molecule has 0 amide bonds. The highest BCUT2D eigenvalue weighted by molar-refractivity contribution is 6.12. The first-order valence-electron chi connectivity index (χ1n) is 23.1. The number of hydrogen-bond donors (Lipinski definition) is 0. The molecule has 0 spiro atoms. The van der Waals surface area contributed by atoms with E-state index in [-0.39, 0.29) is 0 Å². The molecule has 312 valence electrons. The molecule has 0 saturated heterocycles. The molecule has 1 aliphatic carbocycles. The molecule has 12 aromatic rings. The summed E-state index contributed by atoms with van der Waals surface area (Å²) >= 11 is 0. The number of rotatable bonds is 7. The highest BCUT2D eigenvalue weighted by Gasteiger charge is 2.46. The Hall–Kier alpha value is -8.72. The minimum Gasteiger partial charge on any atom is -0.228 e. The molecule has 0 radical (unpaired) electrons. The average molecular weight is 851 g/mol. The van der Waals surface area contributed by atoms with Gasteiger partial charge in [-0.25, -0.2) is 9.97 Å². The van der Waals surface area contributed by atoms with Crippen LogP contribution in [0.2, 0.25) is 0 Å². The molecule has 1 heterocycles. The first-order chi connectivity index (χ1) is 33.2. The molecule has 0 bridgehead atoms. The van der Waals surface area contributed by atoms with Crippen molar-refractivity contribution in [1.82, 2.24) is 9.97 Å². The van der Waals surface area contributed by atoms with Gasteiger partial charge in [0.05, 0.1) is 16.8 Å². The first-order valence-corrected chi connectivity index (χ1v) is 23.1. The molecule has 0 atom stereocenters. The number of hydrogen-bond acceptors (Lipinski definition) is 2. The molecule has 0 N–H and O–H groups in total. The van der Waals surface area contributed by atoms with Crippen molar-refractivity contribution >= 4 is 32.3 Å². The zero-order valence-electron chi connectivity index (χ0n) is 36.6. The van der Waals surface area contributed by atoms with Crippen LogP contribution in [0.5, 0.6) is 0 Å². The SMILES string of the molecule is c1ccc(-c2cc(-c3ccccc3)nc(-c3ccc(-c4ccc(-c5ccc6c(c5)-c5c(ccc7ccccc57)C6(c5ccccc5)c5ccccc5)c5ccccc45)c4ccccc34)n2)cc1. The second-order valence-electron chi connectivity index (χ2n) is 17.6. The minimum absolute atomic E-state index is 0.480. The molecule has 0 unspecified atom stereocenters. The second kappa shape index (κ2) is 15.8.